The van der Waals surface area contributed by atoms with Crippen LogP contribution in [-0.2, 0) is 9.53 Å². The van der Waals surface area contributed by atoms with Crippen molar-refractivity contribution in [2.24, 2.45) is 0 Å². The Morgan fingerprint density at radius 2 is 1.50 bits per heavy atom. The van der Waals surface area contributed by atoms with Crippen LogP contribution in [0.1, 0.15) is 11.1 Å². The lowest BCUT2D eigenvalue weighted by atomic mass is 10.0. The van der Waals surface area contributed by atoms with E-state index in [1.807, 2.05) is 60.7 Å². The maximum absolute atomic E-state index is 12.5. The van der Waals surface area contributed by atoms with Crippen LogP contribution >= 0.6 is 0 Å². The monoisotopic (exact) mass is 334 g/mol. The van der Waals surface area contributed by atoms with E-state index in [9.17, 15) is 4.79 Å². The number of hydrogen-bond donors (Lipinski definition) is 0. The smallest absolute Gasteiger partial charge is 0.331 e. The Hall–Kier alpha value is -2.39. The predicted octanol–water partition coefficient (Wildman–Crippen LogP) is 4.96. The van der Waals surface area contributed by atoms with E-state index >= 15 is 0 Å². The minimum Gasteiger partial charge on any atom is -0.450 e. The first kappa shape index (κ1) is 16.5. The second-order valence-corrected chi connectivity index (χ2v) is 12.0. The molecule has 0 fully saturated rings. The van der Waals surface area contributed by atoms with Crippen molar-refractivity contribution >= 4 is 25.7 Å². The highest BCUT2D eigenvalue weighted by Crippen LogP contribution is 2.37. The van der Waals surface area contributed by atoms with Crippen LogP contribution in [0, 0.1) is 0 Å². The van der Waals surface area contributed by atoms with E-state index in [2.05, 4.69) is 31.8 Å². The third kappa shape index (κ3) is 3.41. The first-order valence-electron chi connectivity index (χ1n) is 8.21. The molecule has 1 aliphatic heterocycles. The molecule has 3 heteroatoms. The summed E-state index contributed by atoms with van der Waals surface area (Å²) in [5.41, 5.74) is 3.21. The van der Waals surface area contributed by atoms with E-state index in [4.69, 9.17) is 4.74 Å². The van der Waals surface area contributed by atoms with Gasteiger partial charge in [0, 0.05) is 10.8 Å². The van der Waals surface area contributed by atoms with Crippen LogP contribution in [0.2, 0.25) is 19.6 Å². The van der Waals surface area contributed by atoms with Crippen LogP contribution in [0.15, 0.2) is 71.9 Å². The minimum absolute atomic E-state index is 0.157. The molecular formula is C21H22O2Si. The fraction of sp³-hybridized carbons (Fsp3) is 0.190. The van der Waals surface area contributed by atoms with Crippen molar-refractivity contribution in [2.45, 2.75) is 25.7 Å². The number of carbonyl (C=O) groups is 1. The molecule has 1 atom stereocenters. The Balaban J connectivity index is 2.05. The van der Waals surface area contributed by atoms with Gasteiger partial charge in [-0.25, -0.2) is 4.79 Å². The van der Waals surface area contributed by atoms with Gasteiger partial charge in [0.15, 0.2) is 0 Å². The molecule has 24 heavy (non-hydrogen) atoms. The molecule has 0 radical (unpaired) electrons. The van der Waals surface area contributed by atoms with E-state index in [-0.39, 0.29) is 12.1 Å². The van der Waals surface area contributed by atoms with Gasteiger partial charge in [0.05, 0.1) is 8.07 Å². The van der Waals surface area contributed by atoms with Gasteiger partial charge in [-0.1, -0.05) is 86.4 Å². The lowest BCUT2D eigenvalue weighted by Gasteiger charge is -2.17. The highest BCUT2D eigenvalue weighted by molar-refractivity contribution is 6.88. The number of cyclic esters (lactones) is 1. The van der Waals surface area contributed by atoms with Crippen LogP contribution in [0.4, 0.5) is 0 Å². The number of hydrogen-bond acceptors (Lipinski definition) is 2. The molecule has 2 aromatic rings. The second kappa shape index (κ2) is 6.61. The zero-order valence-electron chi connectivity index (χ0n) is 14.3. The lowest BCUT2D eigenvalue weighted by molar-refractivity contribution is -0.137. The highest BCUT2D eigenvalue weighted by atomic mass is 28.3. The normalized spacial score (nSPS) is 18.3. The van der Waals surface area contributed by atoms with Gasteiger partial charge in [0.25, 0.3) is 0 Å². The molecule has 0 saturated carbocycles. The molecule has 1 heterocycles. The van der Waals surface area contributed by atoms with Crippen LogP contribution < -0.4 is 0 Å². The Bertz CT molecular complexity index is 784. The molecule has 3 rings (SSSR count). The molecule has 0 aliphatic carbocycles. The predicted molar refractivity (Wildman–Crippen MR) is 102 cm³/mol. The van der Waals surface area contributed by atoms with E-state index in [0.717, 1.165) is 21.9 Å². The number of rotatable bonds is 4. The molecule has 122 valence electrons. The first-order valence-corrected chi connectivity index (χ1v) is 11.7. The second-order valence-electron chi connectivity index (χ2n) is 7.00. The SMILES string of the molecule is C[Si](C)(C)C1=C(c2ccccc2)C(/C=C/c2ccccc2)OC1=O. The number of carbonyl (C=O) groups excluding carboxylic acids is 1. The van der Waals surface area contributed by atoms with E-state index in [0.29, 0.717) is 0 Å². The van der Waals surface area contributed by atoms with Crippen molar-refractivity contribution in [2.75, 3.05) is 0 Å². The molecule has 2 nitrogen and oxygen atoms in total. The van der Waals surface area contributed by atoms with Gasteiger partial charge in [-0.3, -0.25) is 0 Å². The van der Waals surface area contributed by atoms with E-state index < -0.39 is 8.07 Å². The molecule has 0 amide bonds. The molecule has 1 unspecified atom stereocenters. The average Bonchev–Trinajstić information content (AvgIpc) is 2.91. The third-order valence-corrected chi connectivity index (χ3v) is 6.06. The average molecular weight is 334 g/mol. The maximum Gasteiger partial charge on any atom is 0.331 e. The van der Waals surface area contributed by atoms with Crippen LogP contribution in [-0.4, -0.2) is 20.1 Å². The van der Waals surface area contributed by atoms with Gasteiger partial charge in [0.1, 0.15) is 6.10 Å². The molecule has 0 aromatic heterocycles. The zero-order chi connectivity index (χ0) is 17.2. The van der Waals surface area contributed by atoms with Gasteiger partial charge >= 0.3 is 5.97 Å². The van der Waals surface area contributed by atoms with Crippen molar-refractivity contribution in [3.63, 3.8) is 0 Å². The standard InChI is InChI=1S/C21H22O2Si/c1-24(2,3)20-19(17-12-8-5-9-13-17)18(23-21(20)22)15-14-16-10-6-4-7-11-16/h4-15,18H,1-3H3/b15-14+. The van der Waals surface area contributed by atoms with Gasteiger partial charge in [-0.05, 0) is 17.2 Å². The lowest BCUT2D eigenvalue weighted by Crippen LogP contribution is -2.28. The van der Waals surface area contributed by atoms with E-state index in [1.165, 1.54) is 0 Å². The molecule has 0 bridgehead atoms. The number of benzene rings is 2. The van der Waals surface area contributed by atoms with Crippen molar-refractivity contribution in [3.8, 4) is 0 Å². The fourth-order valence-corrected chi connectivity index (χ4v) is 4.79. The van der Waals surface area contributed by atoms with Gasteiger partial charge in [0.2, 0.25) is 0 Å². The van der Waals surface area contributed by atoms with Crippen molar-refractivity contribution < 1.29 is 9.53 Å². The summed E-state index contributed by atoms with van der Waals surface area (Å²) in [4.78, 5) is 12.5. The zero-order valence-corrected chi connectivity index (χ0v) is 15.3. The van der Waals surface area contributed by atoms with E-state index in [1.54, 1.807) is 0 Å². The maximum atomic E-state index is 12.5. The summed E-state index contributed by atoms with van der Waals surface area (Å²) in [6, 6.07) is 20.2. The van der Waals surface area contributed by atoms with Gasteiger partial charge in [-0.2, -0.15) is 0 Å². The highest BCUT2D eigenvalue weighted by Gasteiger charge is 2.40. The van der Waals surface area contributed by atoms with Gasteiger partial charge < -0.3 is 4.74 Å². The minimum atomic E-state index is -1.81. The van der Waals surface area contributed by atoms with Crippen molar-refractivity contribution in [3.05, 3.63) is 83.1 Å². The Morgan fingerprint density at radius 3 is 2.08 bits per heavy atom. The molecule has 0 spiro atoms. The molecule has 0 N–H and O–H groups in total. The summed E-state index contributed by atoms with van der Waals surface area (Å²) < 4.78 is 5.72. The Morgan fingerprint density at radius 1 is 0.917 bits per heavy atom. The fourth-order valence-electron chi connectivity index (χ4n) is 3.02. The summed E-state index contributed by atoms with van der Waals surface area (Å²) in [5, 5.41) is 0.899. The van der Waals surface area contributed by atoms with Crippen LogP contribution in [0.25, 0.3) is 11.6 Å². The topological polar surface area (TPSA) is 26.3 Å². The Labute approximate surface area is 144 Å². The van der Waals surface area contributed by atoms with Crippen LogP contribution in [0.3, 0.4) is 0 Å². The van der Waals surface area contributed by atoms with Gasteiger partial charge in [-0.15, -0.1) is 0 Å². The van der Waals surface area contributed by atoms with Crippen molar-refractivity contribution in [1.82, 2.24) is 0 Å². The molecule has 0 saturated heterocycles. The van der Waals surface area contributed by atoms with Crippen molar-refractivity contribution in [1.29, 1.82) is 0 Å². The third-order valence-electron chi connectivity index (χ3n) is 4.09. The quantitative estimate of drug-likeness (QED) is 0.584. The molecule has 2 aromatic carbocycles. The summed E-state index contributed by atoms with van der Waals surface area (Å²) in [6.07, 6.45) is 3.69. The Kier molecular flexibility index (Phi) is 4.54. The van der Waals surface area contributed by atoms with Crippen LogP contribution in [0.5, 0.6) is 0 Å². The summed E-state index contributed by atoms with van der Waals surface area (Å²) in [6.45, 7) is 6.57. The largest absolute Gasteiger partial charge is 0.450 e. The molecular weight excluding hydrogens is 312 g/mol. The molecule has 1 aliphatic rings. The number of ether oxygens (including phenoxy) is 1. The number of esters is 1. The summed E-state index contributed by atoms with van der Waals surface area (Å²) in [7, 11) is -1.81. The summed E-state index contributed by atoms with van der Waals surface area (Å²) in [5.74, 6) is -0.157. The summed E-state index contributed by atoms with van der Waals surface area (Å²) >= 11 is 0. The first-order chi connectivity index (χ1) is 11.5.